The molecule has 0 saturated carbocycles. The fraction of sp³-hybridized carbons (Fsp3) is 0. The van der Waals surface area contributed by atoms with Crippen LogP contribution in [0.3, 0.4) is 0 Å². The molecule has 1 aromatic heterocycles. The van der Waals surface area contributed by atoms with E-state index in [0.29, 0.717) is 21.6 Å². The quantitative estimate of drug-likeness (QED) is 0.580. The van der Waals surface area contributed by atoms with E-state index in [9.17, 15) is 13.6 Å². The van der Waals surface area contributed by atoms with Crippen molar-refractivity contribution >= 4 is 33.8 Å². The molecule has 0 N–H and O–H groups in total. The van der Waals surface area contributed by atoms with Gasteiger partial charge in [0.15, 0.2) is 6.29 Å². The van der Waals surface area contributed by atoms with Crippen LogP contribution in [0.1, 0.15) is 10.4 Å². The topological polar surface area (TPSA) is 34.9 Å². The second-order valence-corrected chi connectivity index (χ2v) is 5.82. The number of rotatable bonds is 3. The smallest absolute Gasteiger partial charge is 0.155 e. The predicted octanol–water partition coefficient (Wildman–Crippen LogP) is 5.05. The molecule has 0 atom stereocenters. The lowest BCUT2D eigenvalue weighted by Gasteiger charge is -2.05. The number of para-hydroxylation sites is 1. The largest absolute Gasteiger partial charge is 0.298 e. The van der Waals surface area contributed by atoms with Crippen molar-refractivity contribution in [1.82, 2.24) is 9.78 Å². The summed E-state index contributed by atoms with van der Waals surface area (Å²) in [7, 11) is 0. The summed E-state index contributed by atoms with van der Waals surface area (Å²) in [6, 6.07) is 9.83. The SMILES string of the molecule is O=Cc1c(-c2cc(F)ccc2F)nn(-c2ccccc2Cl)c1Br. The van der Waals surface area contributed by atoms with Gasteiger partial charge >= 0.3 is 0 Å². The van der Waals surface area contributed by atoms with E-state index in [1.165, 1.54) is 4.68 Å². The van der Waals surface area contributed by atoms with E-state index in [0.717, 1.165) is 18.2 Å². The zero-order valence-corrected chi connectivity index (χ0v) is 13.8. The van der Waals surface area contributed by atoms with E-state index < -0.39 is 11.6 Å². The molecule has 0 bridgehead atoms. The van der Waals surface area contributed by atoms with E-state index in [-0.39, 0.29) is 16.8 Å². The van der Waals surface area contributed by atoms with Crippen LogP contribution in [0.4, 0.5) is 8.78 Å². The van der Waals surface area contributed by atoms with Crippen molar-refractivity contribution in [1.29, 1.82) is 0 Å². The second kappa shape index (κ2) is 6.22. The van der Waals surface area contributed by atoms with Gasteiger partial charge in [-0.25, -0.2) is 13.5 Å². The zero-order chi connectivity index (χ0) is 16.6. The number of carbonyl (C=O) groups is 1. The molecule has 23 heavy (non-hydrogen) atoms. The minimum Gasteiger partial charge on any atom is -0.298 e. The van der Waals surface area contributed by atoms with Gasteiger partial charge in [-0.05, 0) is 46.3 Å². The molecule has 0 saturated heterocycles. The number of aromatic nitrogens is 2. The summed E-state index contributed by atoms with van der Waals surface area (Å²) in [4.78, 5) is 11.4. The number of aldehydes is 1. The molecule has 0 amide bonds. The third-order valence-electron chi connectivity index (χ3n) is 3.25. The Morgan fingerprint density at radius 1 is 1.17 bits per heavy atom. The summed E-state index contributed by atoms with van der Waals surface area (Å²) < 4.78 is 29.1. The van der Waals surface area contributed by atoms with Crippen molar-refractivity contribution < 1.29 is 13.6 Å². The summed E-state index contributed by atoms with van der Waals surface area (Å²) in [5, 5.41) is 4.63. The molecule has 3 rings (SSSR count). The normalized spacial score (nSPS) is 10.8. The Kier molecular flexibility index (Phi) is 4.28. The Bertz CT molecular complexity index is 911. The van der Waals surface area contributed by atoms with Crippen molar-refractivity contribution in [2.75, 3.05) is 0 Å². The van der Waals surface area contributed by atoms with E-state index in [2.05, 4.69) is 21.0 Å². The first-order chi connectivity index (χ1) is 11.0. The Morgan fingerprint density at radius 2 is 1.91 bits per heavy atom. The summed E-state index contributed by atoms with van der Waals surface area (Å²) >= 11 is 9.40. The van der Waals surface area contributed by atoms with Crippen molar-refractivity contribution in [3.63, 3.8) is 0 Å². The number of nitrogens with zero attached hydrogens (tertiary/aromatic N) is 2. The highest BCUT2D eigenvalue weighted by atomic mass is 79.9. The molecule has 7 heteroatoms. The number of carbonyl (C=O) groups excluding carboxylic acids is 1. The first-order valence-corrected chi connectivity index (χ1v) is 7.64. The molecule has 0 spiro atoms. The number of benzene rings is 2. The van der Waals surface area contributed by atoms with Crippen LogP contribution in [0.2, 0.25) is 5.02 Å². The van der Waals surface area contributed by atoms with Crippen LogP contribution in [-0.2, 0) is 0 Å². The molecule has 0 radical (unpaired) electrons. The minimum atomic E-state index is -0.675. The van der Waals surface area contributed by atoms with Crippen LogP contribution in [-0.4, -0.2) is 16.1 Å². The average Bonchev–Trinajstić information content (AvgIpc) is 2.86. The van der Waals surface area contributed by atoms with Crippen LogP contribution in [0.5, 0.6) is 0 Å². The van der Waals surface area contributed by atoms with Gasteiger partial charge in [-0.1, -0.05) is 23.7 Å². The fourth-order valence-corrected chi connectivity index (χ4v) is 2.94. The third kappa shape index (κ3) is 2.80. The predicted molar refractivity (Wildman–Crippen MR) is 87.0 cm³/mol. The monoisotopic (exact) mass is 396 g/mol. The lowest BCUT2D eigenvalue weighted by atomic mass is 10.1. The van der Waals surface area contributed by atoms with Gasteiger partial charge in [-0.15, -0.1) is 0 Å². The van der Waals surface area contributed by atoms with Gasteiger partial charge < -0.3 is 0 Å². The molecule has 0 aliphatic carbocycles. The van der Waals surface area contributed by atoms with Crippen LogP contribution in [0, 0.1) is 11.6 Å². The molecule has 0 aliphatic heterocycles. The number of hydrogen-bond donors (Lipinski definition) is 0. The Labute approximate surface area is 143 Å². The first kappa shape index (κ1) is 15.8. The molecule has 1 heterocycles. The summed E-state index contributed by atoms with van der Waals surface area (Å²) in [6.07, 6.45) is 0.532. The lowest BCUT2D eigenvalue weighted by Crippen LogP contribution is -1.98. The van der Waals surface area contributed by atoms with Crippen molar-refractivity contribution in [3.05, 3.63) is 69.3 Å². The van der Waals surface area contributed by atoms with Gasteiger partial charge in [0.05, 0.1) is 16.3 Å². The van der Waals surface area contributed by atoms with Gasteiger partial charge in [-0.2, -0.15) is 5.10 Å². The third-order valence-corrected chi connectivity index (χ3v) is 4.33. The maximum atomic E-state index is 14.0. The van der Waals surface area contributed by atoms with Crippen molar-refractivity contribution in [2.24, 2.45) is 0 Å². The Balaban J connectivity index is 2.28. The van der Waals surface area contributed by atoms with Gasteiger partial charge in [0, 0.05) is 5.56 Å². The molecule has 0 unspecified atom stereocenters. The van der Waals surface area contributed by atoms with Gasteiger partial charge in [0.2, 0.25) is 0 Å². The van der Waals surface area contributed by atoms with Crippen LogP contribution >= 0.6 is 27.5 Å². The van der Waals surface area contributed by atoms with Crippen LogP contribution < -0.4 is 0 Å². The van der Waals surface area contributed by atoms with Crippen molar-refractivity contribution in [2.45, 2.75) is 0 Å². The molecule has 0 fully saturated rings. The molecule has 0 aliphatic rings. The summed E-state index contributed by atoms with van der Waals surface area (Å²) in [6.45, 7) is 0. The zero-order valence-electron chi connectivity index (χ0n) is 11.4. The van der Waals surface area contributed by atoms with E-state index in [1.807, 2.05) is 0 Å². The highest BCUT2D eigenvalue weighted by Gasteiger charge is 2.21. The standard InChI is InChI=1S/C16H8BrClF2N2O/c17-16-11(8-23)15(10-7-9(19)5-6-13(10)20)21-22(16)14-4-2-1-3-12(14)18/h1-8H. The van der Waals surface area contributed by atoms with Gasteiger partial charge in [0.1, 0.15) is 21.9 Å². The number of halogens is 4. The first-order valence-electron chi connectivity index (χ1n) is 6.47. The van der Waals surface area contributed by atoms with E-state index in [1.54, 1.807) is 24.3 Å². The molecular formula is C16H8BrClF2N2O. The molecular weight excluding hydrogens is 390 g/mol. The average molecular weight is 398 g/mol. The molecule has 3 nitrogen and oxygen atoms in total. The molecule has 3 aromatic rings. The summed E-state index contributed by atoms with van der Waals surface area (Å²) in [5.41, 5.74) is 0.545. The molecule has 2 aromatic carbocycles. The maximum absolute atomic E-state index is 14.0. The van der Waals surface area contributed by atoms with Crippen LogP contribution in [0.25, 0.3) is 16.9 Å². The summed E-state index contributed by atoms with van der Waals surface area (Å²) in [5.74, 6) is -1.30. The number of hydrogen-bond acceptors (Lipinski definition) is 2. The van der Waals surface area contributed by atoms with Gasteiger partial charge in [-0.3, -0.25) is 4.79 Å². The Morgan fingerprint density at radius 3 is 2.61 bits per heavy atom. The lowest BCUT2D eigenvalue weighted by molar-refractivity contribution is 0.112. The highest BCUT2D eigenvalue weighted by molar-refractivity contribution is 9.10. The molecule has 116 valence electrons. The highest BCUT2D eigenvalue weighted by Crippen LogP contribution is 2.33. The van der Waals surface area contributed by atoms with Crippen molar-refractivity contribution in [3.8, 4) is 16.9 Å². The van der Waals surface area contributed by atoms with Gasteiger partial charge in [0.25, 0.3) is 0 Å². The maximum Gasteiger partial charge on any atom is 0.155 e. The minimum absolute atomic E-state index is 0.0313. The second-order valence-electron chi connectivity index (χ2n) is 4.66. The Hall–Kier alpha value is -2.05. The van der Waals surface area contributed by atoms with E-state index in [4.69, 9.17) is 11.6 Å². The van der Waals surface area contributed by atoms with Crippen LogP contribution in [0.15, 0.2) is 47.1 Å². The van der Waals surface area contributed by atoms with E-state index >= 15 is 0 Å². The fourth-order valence-electron chi connectivity index (χ4n) is 2.18.